The molecule has 0 fully saturated rings. The van der Waals surface area contributed by atoms with Crippen molar-refractivity contribution in [3.8, 4) is 10.6 Å². The van der Waals surface area contributed by atoms with E-state index < -0.39 is 5.91 Å². The molecule has 0 bridgehead atoms. The number of rotatable bonds is 2. The molecule has 0 aromatic carbocycles. The Hall–Kier alpha value is -1.89. The Bertz CT molecular complexity index is 1010. The fourth-order valence-corrected chi connectivity index (χ4v) is 4.98. The highest BCUT2D eigenvalue weighted by molar-refractivity contribution is 7.15. The van der Waals surface area contributed by atoms with Gasteiger partial charge in [-0.2, -0.15) is 5.10 Å². The minimum atomic E-state index is -0.543. The first-order valence-corrected chi connectivity index (χ1v) is 9.79. The van der Waals surface area contributed by atoms with Gasteiger partial charge in [0.2, 0.25) is 0 Å². The van der Waals surface area contributed by atoms with Gasteiger partial charge in [-0.25, -0.2) is 4.52 Å². The molecule has 0 saturated carbocycles. The maximum Gasteiger partial charge on any atom is 0.267 e. The number of primary amides is 1. The highest BCUT2D eigenvalue weighted by Gasteiger charge is 2.32. The number of nitrogens with two attached hydrogens (primary N) is 1. The first-order chi connectivity index (χ1) is 12.3. The lowest BCUT2D eigenvalue weighted by Crippen LogP contribution is -2.37. The van der Waals surface area contributed by atoms with Crippen LogP contribution in [0, 0.1) is 5.41 Å². The fourth-order valence-electron chi connectivity index (χ4n) is 3.57. The summed E-state index contributed by atoms with van der Waals surface area (Å²) in [7, 11) is 0. The predicted molar refractivity (Wildman–Crippen MR) is 106 cm³/mol. The number of aromatic nitrogens is 2. The number of hydrogen-bond donors (Lipinski definition) is 2. The predicted octanol–water partition coefficient (Wildman–Crippen LogP) is 4.05. The quantitative estimate of drug-likeness (QED) is 0.695. The van der Waals surface area contributed by atoms with E-state index in [0.29, 0.717) is 22.3 Å². The van der Waals surface area contributed by atoms with Crippen LogP contribution >= 0.6 is 22.9 Å². The zero-order chi connectivity index (χ0) is 18.6. The van der Waals surface area contributed by atoms with Crippen LogP contribution in [0.3, 0.4) is 0 Å². The van der Waals surface area contributed by atoms with E-state index in [1.54, 1.807) is 17.4 Å². The molecule has 1 amide bonds. The fraction of sp³-hybridized carbons (Fsp3) is 0.368. The Kier molecular flexibility index (Phi) is 4.10. The highest BCUT2D eigenvalue weighted by Crippen LogP contribution is 2.42. The van der Waals surface area contributed by atoms with Gasteiger partial charge in [0, 0.05) is 17.5 Å². The van der Waals surface area contributed by atoms with Gasteiger partial charge < -0.3 is 11.1 Å². The molecule has 1 atom stereocenters. The molecule has 0 spiro atoms. The number of hydrogen-bond acceptors (Lipinski definition) is 4. The summed E-state index contributed by atoms with van der Waals surface area (Å²) < 4.78 is 1.54. The van der Waals surface area contributed by atoms with Crippen LogP contribution in [0.5, 0.6) is 0 Å². The van der Waals surface area contributed by atoms with E-state index in [0.717, 1.165) is 23.5 Å². The van der Waals surface area contributed by atoms with Crippen LogP contribution in [0.25, 0.3) is 16.1 Å². The Labute approximate surface area is 161 Å². The second kappa shape index (κ2) is 6.08. The van der Waals surface area contributed by atoms with Gasteiger partial charge in [0.25, 0.3) is 5.91 Å². The zero-order valence-electron chi connectivity index (χ0n) is 15.0. The maximum atomic E-state index is 11.7. The van der Waals surface area contributed by atoms with Crippen molar-refractivity contribution < 1.29 is 4.79 Å². The van der Waals surface area contributed by atoms with E-state index in [9.17, 15) is 4.79 Å². The van der Waals surface area contributed by atoms with Crippen molar-refractivity contribution in [1.29, 1.82) is 0 Å². The average molecular weight is 389 g/mol. The molecule has 1 aliphatic rings. The lowest BCUT2D eigenvalue weighted by molar-refractivity contribution is 0.0994. The molecule has 7 heteroatoms. The van der Waals surface area contributed by atoms with Crippen molar-refractivity contribution in [2.45, 2.75) is 33.2 Å². The minimum absolute atomic E-state index is 0.137. The molecule has 3 N–H and O–H groups in total. The summed E-state index contributed by atoms with van der Waals surface area (Å²) in [6.45, 7) is 7.74. The SMILES string of the molecule is CC(C)(C)C1NCCc2sc(-c3ccc4c(Cl)cc(C(N)=O)n4n3)cc21. The largest absolute Gasteiger partial charge is 0.364 e. The number of carbonyl (C=O) groups is 1. The third-order valence-corrected chi connectivity index (χ3v) is 6.33. The van der Waals surface area contributed by atoms with Crippen molar-refractivity contribution in [2.75, 3.05) is 6.54 Å². The number of amides is 1. The Morgan fingerprint density at radius 2 is 2.15 bits per heavy atom. The maximum absolute atomic E-state index is 11.7. The Morgan fingerprint density at radius 3 is 2.85 bits per heavy atom. The average Bonchev–Trinajstić information content (AvgIpc) is 3.14. The van der Waals surface area contributed by atoms with Crippen molar-refractivity contribution in [3.05, 3.63) is 45.4 Å². The van der Waals surface area contributed by atoms with Gasteiger partial charge in [-0.05, 0) is 41.7 Å². The number of nitrogens with zero attached hydrogens (tertiary/aromatic N) is 2. The van der Waals surface area contributed by atoms with E-state index in [1.807, 2.05) is 12.1 Å². The van der Waals surface area contributed by atoms with Crippen LogP contribution in [-0.2, 0) is 6.42 Å². The van der Waals surface area contributed by atoms with Gasteiger partial charge in [0.1, 0.15) is 11.4 Å². The number of fused-ring (bicyclic) bond motifs is 2. The van der Waals surface area contributed by atoms with Crippen molar-refractivity contribution >= 4 is 34.4 Å². The molecular formula is C19H21ClN4OS. The van der Waals surface area contributed by atoms with Gasteiger partial charge in [-0.1, -0.05) is 32.4 Å². The van der Waals surface area contributed by atoms with Crippen molar-refractivity contribution in [1.82, 2.24) is 14.9 Å². The molecule has 3 aromatic heterocycles. The summed E-state index contributed by atoms with van der Waals surface area (Å²) in [4.78, 5) is 14.2. The molecule has 4 heterocycles. The summed E-state index contributed by atoms with van der Waals surface area (Å²) in [5.74, 6) is -0.543. The molecule has 0 aliphatic carbocycles. The van der Waals surface area contributed by atoms with E-state index in [1.165, 1.54) is 15.0 Å². The second-order valence-corrected chi connectivity index (χ2v) is 9.29. The first-order valence-electron chi connectivity index (χ1n) is 8.60. The number of carbonyl (C=O) groups excluding carboxylic acids is 1. The number of halogens is 1. The summed E-state index contributed by atoms with van der Waals surface area (Å²) >= 11 is 7.97. The number of nitrogens with one attached hydrogen (secondary N) is 1. The number of thiophene rings is 1. The van der Waals surface area contributed by atoms with E-state index in [-0.39, 0.29) is 5.41 Å². The Balaban J connectivity index is 1.83. The highest BCUT2D eigenvalue weighted by atomic mass is 35.5. The summed E-state index contributed by atoms with van der Waals surface area (Å²) in [5, 5.41) is 8.75. The normalized spacial score (nSPS) is 17.5. The van der Waals surface area contributed by atoms with Gasteiger partial charge in [0.05, 0.1) is 15.4 Å². The first kappa shape index (κ1) is 17.5. The monoisotopic (exact) mass is 388 g/mol. The van der Waals surface area contributed by atoms with Crippen LogP contribution in [-0.4, -0.2) is 22.1 Å². The molecule has 5 nitrogen and oxygen atoms in total. The smallest absolute Gasteiger partial charge is 0.267 e. The van der Waals surface area contributed by atoms with Crippen LogP contribution in [0.15, 0.2) is 24.3 Å². The minimum Gasteiger partial charge on any atom is -0.364 e. The molecular weight excluding hydrogens is 368 g/mol. The molecule has 136 valence electrons. The van der Waals surface area contributed by atoms with E-state index >= 15 is 0 Å². The van der Waals surface area contributed by atoms with Crippen LogP contribution in [0.4, 0.5) is 0 Å². The molecule has 4 rings (SSSR count). The van der Waals surface area contributed by atoms with Crippen LogP contribution in [0.1, 0.15) is 47.7 Å². The lowest BCUT2D eigenvalue weighted by atomic mass is 9.80. The van der Waals surface area contributed by atoms with Crippen molar-refractivity contribution in [2.24, 2.45) is 11.1 Å². The van der Waals surface area contributed by atoms with Gasteiger partial charge in [0.15, 0.2) is 0 Å². The summed E-state index contributed by atoms with van der Waals surface area (Å²) in [6, 6.07) is 7.94. The lowest BCUT2D eigenvalue weighted by Gasteiger charge is -2.35. The van der Waals surface area contributed by atoms with Crippen LogP contribution < -0.4 is 11.1 Å². The van der Waals surface area contributed by atoms with Gasteiger partial charge >= 0.3 is 0 Å². The van der Waals surface area contributed by atoms with E-state index in [2.05, 4.69) is 37.3 Å². The Morgan fingerprint density at radius 1 is 1.38 bits per heavy atom. The zero-order valence-corrected chi connectivity index (χ0v) is 16.5. The van der Waals surface area contributed by atoms with Gasteiger partial charge in [-0.15, -0.1) is 11.3 Å². The summed E-state index contributed by atoms with van der Waals surface area (Å²) in [5.41, 5.74) is 8.75. The molecule has 3 aromatic rings. The van der Waals surface area contributed by atoms with Crippen molar-refractivity contribution in [3.63, 3.8) is 0 Å². The topological polar surface area (TPSA) is 72.4 Å². The molecule has 1 aliphatic heterocycles. The second-order valence-electron chi connectivity index (χ2n) is 7.75. The third kappa shape index (κ3) is 2.82. The molecule has 0 saturated heterocycles. The molecule has 1 unspecified atom stereocenters. The van der Waals surface area contributed by atoms with Crippen LogP contribution in [0.2, 0.25) is 5.02 Å². The van der Waals surface area contributed by atoms with E-state index in [4.69, 9.17) is 17.3 Å². The third-order valence-electron chi connectivity index (χ3n) is 4.80. The van der Waals surface area contributed by atoms with Gasteiger partial charge in [-0.3, -0.25) is 4.79 Å². The standard InChI is InChI=1S/C19H21ClN4OS/c1-19(2,3)17-10-8-16(26-15(10)6-7-22-17)12-4-5-13-11(20)9-14(18(21)25)24(13)23-12/h4-5,8-9,17,22H,6-7H2,1-3H3,(H2,21,25). The molecule has 26 heavy (non-hydrogen) atoms. The summed E-state index contributed by atoms with van der Waals surface area (Å²) in [6.07, 6.45) is 1.02. The molecule has 0 radical (unpaired) electrons.